The zero-order valence-electron chi connectivity index (χ0n) is 23.8. The van der Waals surface area contributed by atoms with Gasteiger partial charge in [0, 0.05) is 82.8 Å². The summed E-state index contributed by atoms with van der Waals surface area (Å²) < 4.78 is 10.8. The van der Waals surface area contributed by atoms with Crippen LogP contribution in [0.1, 0.15) is 52.0 Å². The van der Waals surface area contributed by atoms with E-state index in [4.69, 9.17) is 9.47 Å². The summed E-state index contributed by atoms with van der Waals surface area (Å²) in [5.41, 5.74) is 1.53. The van der Waals surface area contributed by atoms with Crippen LogP contribution in [-0.4, -0.2) is 103 Å². The largest absolute Gasteiger partial charge is 0.490 e. The molecule has 0 atom stereocenters. The summed E-state index contributed by atoms with van der Waals surface area (Å²) >= 11 is 0. The Hall–Kier alpha value is -2.59. The molecule has 1 amide bonds. The molecule has 3 aliphatic rings. The number of aryl methyl sites for hydroxylation is 1. The van der Waals surface area contributed by atoms with Crippen LogP contribution < -0.4 is 9.64 Å². The van der Waals surface area contributed by atoms with Gasteiger partial charge in [-0.3, -0.25) is 15.0 Å². The molecule has 1 aromatic rings. The average Bonchev–Trinajstić information content (AvgIpc) is 2.88. The number of rotatable bonds is 6. The number of benzene rings is 1. The lowest BCUT2D eigenvalue weighted by molar-refractivity contribution is -0.385. The van der Waals surface area contributed by atoms with E-state index >= 15 is 0 Å². The highest BCUT2D eigenvalue weighted by molar-refractivity contribution is 5.68. The van der Waals surface area contributed by atoms with Crippen LogP contribution in [0.2, 0.25) is 0 Å². The van der Waals surface area contributed by atoms with Gasteiger partial charge in [-0.05, 0) is 64.9 Å². The molecule has 0 N–H and O–H groups in total. The first-order chi connectivity index (χ1) is 18.0. The number of likely N-dealkylation sites (tertiary alicyclic amines) is 1. The second-order valence-electron chi connectivity index (χ2n) is 12.0. The summed E-state index contributed by atoms with van der Waals surface area (Å²) in [7, 11) is 1.49. The number of carbonyl (C=O) groups is 1. The van der Waals surface area contributed by atoms with Gasteiger partial charge in [0.05, 0.1) is 12.0 Å². The first kappa shape index (κ1) is 28.4. The summed E-state index contributed by atoms with van der Waals surface area (Å²) in [4.78, 5) is 32.8. The van der Waals surface area contributed by atoms with E-state index in [1.54, 1.807) is 6.07 Å². The van der Waals surface area contributed by atoms with Gasteiger partial charge in [0.2, 0.25) is 0 Å². The number of nitro benzene ring substituents is 1. The van der Waals surface area contributed by atoms with Crippen molar-refractivity contribution in [3.63, 3.8) is 0 Å². The molecule has 3 saturated heterocycles. The molecule has 3 aliphatic heterocycles. The molecule has 0 spiro atoms. The monoisotopic (exact) mass is 531 g/mol. The summed E-state index contributed by atoms with van der Waals surface area (Å²) in [6.45, 7) is 16.7. The third-order valence-corrected chi connectivity index (χ3v) is 8.21. The molecule has 10 nitrogen and oxygen atoms in total. The minimum absolute atomic E-state index is 0.0232. The smallest absolute Gasteiger partial charge is 0.410 e. The zero-order valence-corrected chi connectivity index (χ0v) is 23.8. The number of carbonyl (C=O) groups excluding carboxylic acids is 1. The second kappa shape index (κ2) is 12.1. The molecule has 0 unspecified atom stereocenters. The van der Waals surface area contributed by atoms with Gasteiger partial charge in [0.15, 0.2) is 5.75 Å². The lowest BCUT2D eigenvalue weighted by Gasteiger charge is -2.44. The van der Waals surface area contributed by atoms with Crippen LogP contribution in [-0.2, 0) is 4.74 Å². The van der Waals surface area contributed by atoms with Gasteiger partial charge < -0.3 is 24.2 Å². The fourth-order valence-corrected chi connectivity index (χ4v) is 6.08. The second-order valence-corrected chi connectivity index (χ2v) is 12.0. The van der Waals surface area contributed by atoms with Crippen molar-refractivity contribution in [2.24, 2.45) is 5.92 Å². The summed E-state index contributed by atoms with van der Waals surface area (Å²) in [6, 6.07) is 4.04. The highest BCUT2D eigenvalue weighted by Crippen LogP contribution is 2.36. The van der Waals surface area contributed by atoms with Crippen LogP contribution >= 0.6 is 0 Å². The number of nitrogens with zero attached hydrogens (tertiary/aromatic N) is 5. The number of anilines is 1. The van der Waals surface area contributed by atoms with Crippen molar-refractivity contribution in [1.82, 2.24) is 14.7 Å². The van der Waals surface area contributed by atoms with E-state index in [1.165, 1.54) is 7.11 Å². The number of piperazine rings is 1. The molecule has 3 fully saturated rings. The quantitative estimate of drug-likeness (QED) is 0.400. The first-order valence-corrected chi connectivity index (χ1v) is 14.1. The number of hydrogen-bond acceptors (Lipinski definition) is 8. The SMILES string of the molecule is COc1cc(N2CCC(N3CCN(CC4CCN(C(=O)OC(C)(C)C)CC4)CC3)CC2)c(C)cc1[N+](=O)[O-]. The predicted octanol–water partition coefficient (Wildman–Crippen LogP) is 4.15. The molecule has 1 aromatic carbocycles. The van der Waals surface area contributed by atoms with Crippen molar-refractivity contribution in [2.75, 3.05) is 70.9 Å². The molecule has 38 heavy (non-hydrogen) atoms. The maximum atomic E-state index is 12.3. The van der Waals surface area contributed by atoms with Gasteiger partial charge in [-0.1, -0.05) is 0 Å². The molecular weight excluding hydrogens is 486 g/mol. The third-order valence-electron chi connectivity index (χ3n) is 8.21. The van der Waals surface area contributed by atoms with Crippen molar-refractivity contribution in [3.8, 4) is 5.75 Å². The van der Waals surface area contributed by atoms with Crippen LogP contribution in [0.5, 0.6) is 5.75 Å². The third kappa shape index (κ3) is 7.08. The van der Waals surface area contributed by atoms with Crippen molar-refractivity contribution in [3.05, 3.63) is 27.8 Å². The molecule has 212 valence electrons. The Kier molecular flexibility index (Phi) is 9.03. The van der Waals surface area contributed by atoms with Crippen LogP contribution in [0.25, 0.3) is 0 Å². The molecule has 0 radical (unpaired) electrons. The normalized spacial score (nSPS) is 21.0. The topological polar surface area (TPSA) is 91.6 Å². The fraction of sp³-hybridized carbons (Fsp3) is 0.750. The minimum atomic E-state index is -0.443. The summed E-state index contributed by atoms with van der Waals surface area (Å²) in [6.07, 6.45) is 4.11. The van der Waals surface area contributed by atoms with Crippen molar-refractivity contribution < 1.29 is 19.2 Å². The van der Waals surface area contributed by atoms with E-state index in [2.05, 4.69) is 14.7 Å². The van der Waals surface area contributed by atoms with E-state index in [-0.39, 0.29) is 16.7 Å². The number of methoxy groups -OCH3 is 1. The molecule has 0 saturated carbocycles. The maximum Gasteiger partial charge on any atom is 0.410 e. The zero-order chi connectivity index (χ0) is 27.4. The lowest BCUT2D eigenvalue weighted by atomic mass is 9.96. The molecule has 0 aliphatic carbocycles. The Morgan fingerprint density at radius 2 is 1.63 bits per heavy atom. The number of hydrogen-bond donors (Lipinski definition) is 0. The van der Waals surface area contributed by atoms with E-state index in [9.17, 15) is 14.9 Å². The van der Waals surface area contributed by atoms with Gasteiger partial charge >= 0.3 is 11.8 Å². The molecule has 3 heterocycles. The van der Waals surface area contributed by atoms with Crippen LogP contribution in [0.15, 0.2) is 12.1 Å². The van der Waals surface area contributed by atoms with Gasteiger partial charge in [-0.15, -0.1) is 0 Å². The number of amides is 1. The predicted molar refractivity (Wildman–Crippen MR) is 148 cm³/mol. The maximum absolute atomic E-state index is 12.3. The molecule has 4 rings (SSSR count). The van der Waals surface area contributed by atoms with E-state index in [0.29, 0.717) is 17.7 Å². The van der Waals surface area contributed by atoms with E-state index < -0.39 is 5.60 Å². The molecule has 10 heteroatoms. The highest BCUT2D eigenvalue weighted by Gasteiger charge is 2.31. The van der Waals surface area contributed by atoms with Gasteiger partial charge in [-0.25, -0.2) is 4.79 Å². The van der Waals surface area contributed by atoms with Crippen molar-refractivity contribution >= 4 is 17.5 Å². The van der Waals surface area contributed by atoms with Crippen molar-refractivity contribution in [1.29, 1.82) is 0 Å². The Labute approximate surface area is 227 Å². The number of piperidine rings is 2. The van der Waals surface area contributed by atoms with E-state index in [1.807, 2.05) is 38.7 Å². The van der Waals surface area contributed by atoms with E-state index in [0.717, 1.165) is 95.8 Å². The Morgan fingerprint density at radius 1 is 1.00 bits per heavy atom. The van der Waals surface area contributed by atoms with Gasteiger partial charge in [0.25, 0.3) is 0 Å². The molecular formula is C28H45N5O5. The number of ether oxygens (including phenoxy) is 2. The minimum Gasteiger partial charge on any atom is -0.490 e. The molecule has 0 bridgehead atoms. The van der Waals surface area contributed by atoms with Gasteiger partial charge in [0.1, 0.15) is 5.60 Å². The average molecular weight is 532 g/mol. The van der Waals surface area contributed by atoms with Crippen LogP contribution in [0.3, 0.4) is 0 Å². The molecule has 0 aromatic heterocycles. The number of nitro groups is 1. The van der Waals surface area contributed by atoms with Crippen molar-refractivity contribution in [2.45, 2.75) is 65.0 Å². The van der Waals surface area contributed by atoms with Crippen LogP contribution in [0.4, 0.5) is 16.2 Å². The highest BCUT2D eigenvalue weighted by atomic mass is 16.6. The Morgan fingerprint density at radius 3 is 2.18 bits per heavy atom. The first-order valence-electron chi connectivity index (χ1n) is 14.1. The summed E-state index contributed by atoms with van der Waals surface area (Å²) in [5, 5.41) is 11.3. The van der Waals surface area contributed by atoms with Crippen LogP contribution in [0, 0.1) is 23.0 Å². The summed E-state index contributed by atoms with van der Waals surface area (Å²) in [5.74, 6) is 0.967. The Bertz CT molecular complexity index is 973. The Balaban J connectivity index is 1.19. The fourth-order valence-electron chi connectivity index (χ4n) is 6.08. The lowest BCUT2D eigenvalue weighted by Crippen LogP contribution is -2.54. The standard InChI is InChI=1S/C28H45N5O5/c1-21-18-25(33(35)36)26(37-5)19-24(21)31-12-8-23(9-13-31)30-16-14-29(15-17-30)20-22-6-10-32(11-7-22)27(34)38-28(2,3)4/h18-19,22-23H,6-17,20H2,1-5H3. The van der Waals surface area contributed by atoms with Gasteiger partial charge in [-0.2, -0.15) is 0 Å².